The van der Waals surface area contributed by atoms with Crippen LogP contribution in [0.3, 0.4) is 0 Å². The average molecular weight is 254 g/mol. The summed E-state index contributed by atoms with van der Waals surface area (Å²) >= 11 is 5.88. The van der Waals surface area contributed by atoms with Crippen molar-refractivity contribution in [3.8, 4) is 0 Å². The van der Waals surface area contributed by atoms with Gasteiger partial charge in [0.05, 0.1) is 10.6 Å². The summed E-state index contributed by atoms with van der Waals surface area (Å²) in [5.41, 5.74) is 0.289. The average Bonchev–Trinajstić information content (AvgIpc) is 2.28. The third-order valence-electron chi connectivity index (χ3n) is 2.07. The first-order chi connectivity index (χ1) is 8.06. The molecule has 5 heteroatoms. The van der Waals surface area contributed by atoms with Crippen LogP contribution in [0.15, 0.2) is 36.9 Å². The molecular weight excluding hydrogens is 242 g/mol. The molecule has 1 aromatic rings. The number of hydrogen-bond donors (Lipinski definition) is 1. The number of carbonyl (C=O) groups is 2. The fourth-order valence-electron chi connectivity index (χ4n) is 1.34. The molecule has 0 saturated heterocycles. The molecule has 90 valence electrons. The van der Waals surface area contributed by atoms with Gasteiger partial charge in [0.25, 0.3) is 5.91 Å². The number of carboxylic acid groups (broad SMARTS) is 1. The van der Waals surface area contributed by atoms with Gasteiger partial charge in [-0.05, 0) is 12.1 Å². The minimum absolute atomic E-state index is 0.163. The smallest absolute Gasteiger partial charge is 0.323 e. The lowest BCUT2D eigenvalue weighted by molar-refractivity contribution is -0.137. The lowest BCUT2D eigenvalue weighted by atomic mass is 10.2. The lowest BCUT2D eigenvalue weighted by Crippen LogP contribution is -2.35. The highest BCUT2D eigenvalue weighted by atomic mass is 35.5. The Balaban J connectivity index is 2.95. The van der Waals surface area contributed by atoms with E-state index in [1.54, 1.807) is 24.3 Å². The van der Waals surface area contributed by atoms with E-state index in [4.69, 9.17) is 16.7 Å². The number of carbonyl (C=O) groups excluding carboxylic acids is 1. The van der Waals surface area contributed by atoms with Crippen LogP contribution in [0.4, 0.5) is 0 Å². The summed E-state index contributed by atoms with van der Waals surface area (Å²) in [5, 5.41) is 9.02. The molecule has 1 N–H and O–H groups in total. The largest absolute Gasteiger partial charge is 0.480 e. The van der Waals surface area contributed by atoms with Gasteiger partial charge in [-0.25, -0.2) is 0 Å². The maximum absolute atomic E-state index is 12.0. The molecule has 0 saturated carbocycles. The first-order valence-electron chi connectivity index (χ1n) is 4.92. The zero-order chi connectivity index (χ0) is 12.8. The fourth-order valence-corrected chi connectivity index (χ4v) is 1.56. The molecule has 0 radical (unpaired) electrons. The highest BCUT2D eigenvalue weighted by Crippen LogP contribution is 2.17. The first-order valence-corrected chi connectivity index (χ1v) is 5.30. The van der Waals surface area contributed by atoms with Crippen LogP contribution < -0.4 is 0 Å². The van der Waals surface area contributed by atoms with Crippen molar-refractivity contribution in [2.24, 2.45) is 0 Å². The molecule has 0 fully saturated rings. The summed E-state index contributed by atoms with van der Waals surface area (Å²) in [4.78, 5) is 23.8. The minimum atomic E-state index is -1.08. The summed E-state index contributed by atoms with van der Waals surface area (Å²) < 4.78 is 0. The van der Waals surface area contributed by atoms with Crippen LogP contribution in [0.25, 0.3) is 0 Å². The van der Waals surface area contributed by atoms with Gasteiger partial charge in [-0.3, -0.25) is 9.59 Å². The van der Waals surface area contributed by atoms with Gasteiger partial charge in [0.1, 0.15) is 6.54 Å². The van der Waals surface area contributed by atoms with E-state index in [9.17, 15) is 9.59 Å². The molecule has 0 unspecified atom stereocenters. The van der Waals surface area contributed by atoms with E-state index < -0.39 is 11.9 Å². The number of amides is 1. The normalized spacial score (nSPS) is 9.71. The molecule has 1 aromatic carbocycles. The van der Waals surface area contributed by atoms with Crippen LogP contribution in [0.5, 0.6) is 0 Å². The van der Waals surface area contributed by atoms with Crippen molar-refractivity contribution in [3.05, 3.63) is 47.5 Å². The van der Waals surface area contributed by atoms with E-state index in [0.717, 1.165) is 4.90 Å². The van der Waals surface area contributed by atoms with E-state index in [-0.39, 0.29) is 18.7 Å². The standard InChI is InChI=1S/C12H12ClNO3/c1-2-7-14(8-11(15)16)12(17)9-5-3-4-6-10(9)13/h2-6H,1,7-8H2,(H,15,16). The van der Waals surface area contributed by atoms with Gasteiger partial charge < -0.3 is 10.0 Å². The monoisotopic (exact) mass is 253 g/mol. The second kappa shape index (κ2) is 6.06. The summed E-state index contributed by atoms with van der Waals surface area (Å²) in [6.45, 7) is 3.27. The summed E-state index contributed by atoms with van der Waals surface area (Å²) in [7, 11) is 0. The van der Waals surface area contributed by atoms with E-state index in [2.05, 4.69) is 6.58 Å². The highest BCUT2D eigenvalue weighted by molar-refractivity contribution is 6.33. The molecule has 0 aliphatic heterocycles. The van der Waals surface area contributed by atoms with Crippen LogP contribution in [0.2, 0.25) is 5.02 Å². The Morgan fingerprint density at radius 2 is 2.06 bits per heavy atom. The van der Waals surface area contributed by atoms with Crippen molar-refractivity contribution in [3.63, 3.8) is 0 Å². The van der Waals surface area contributed by atoms with Crippen molar-refractivity contribution in [1.29, 1.82) is 0 Å². The van der Waals surface area contributed by atoms with Gasteiger partial charge in [0, 0.05) is 6.54 Å². The van der Waals surface area contributed by atoms with Crippen molar-refractivity contribution in [2.75, 3.05) is 13.1 Å². The molecule has 0 atom stereocenters. The van der Waals surface area contributed by atoms with Gasteiger partial charge in [0.15, 0.2) is 0 Å². The van der Waals surface area contributed by atoms with Gasteiger partial charge in [-0.15, -0.1) is 6.58 Å². The number of halogens is 1. The number of aliphatic carboxylic acids is 1. The molecule has 4 nitrogen and oxygen atoms in total. The predicted molar refractivity (Wildman–Crippen MR) is 65.2 cm³/mol. The zero-order valence-corrected chi connectivity index (χ0v) is 9.85. The molecule has 17 heavy (non-hydrogen) atoms. The Bertz CT molecular complexity index is 445. The van der Waals surface area contributed by atoms with Crippen LogP contribution in [-0.2, 0) is 4.79 Å². The lowest BCUT2D eigenvalue weighted by Gasteiger charge is -2.19. The van der Waals surface area contributed by atoms with E-state index in [0.29, 0.717) is 5.02 Å². The summed E-state index contributed by atoms with van der Waals surface area (Å²) in [5.74, 6) is -1.50. The molecule has 0 aliphatic rings. The second-order valence-electron chi connectivity index (χ2n) is 3.35. The summed E-state index contributed by atoms with van der Waals surface area (Å²) in [6, 6.07) is 6.52. The minimum Gasteiger partial charge on any atom is -0.480 e. The molecule has 0 heterocycles. The Kier molecular flexibility index (Phi) is 4.72. The maximum atomic E-state index is 12.0. The SMILES string of the molecule is C=CCN(CC(=O)O)C(=O)c1ccccc1Cl. The van der Waals surface area contributed by atoms with Crippen molar-refractivity contribution >= 4 is 23.5 Å². The van der Waals surface area contributed by atoms with E-state index in [1.807, 2.05) is 0 Å². The Hall–Kier alpha value is -1.81. The fraction of sp³-hybridized carbons (Fsp3) is 0.167. The van der Waals surface area contributed by atoms with Crippen molar-refractivity contribution < 1.29 is 14.7 Å². The number of benzene rings is 1. The van der Waals surface area contributed by atoms with Crippen LogP contribution in [0.1, 0.15) is 10.4 Å². The van der Waals surface area contributed by atoms with Crippen molar-refractivity contribution in [2.45, 2.75) is 0 Å². The highest BCUT2D eigenvalue weighted by Gasteiger charge is 2.19. The molecule has 0 aromatic heterocycles. The van der Waals surface area contributed by atoms with Gasteiger partial charge >= 0.3 is 5.97 Å². The predicted octanol–water partition coefficient (Wildman–Crippen LogP) is 2.05. The number of nitrogens with zero attached hydrogens (tertiary/aromatic N) is 1. The molecule has 1 rings (SSSR count). The van der Waals surface area contributed by atoms with Gasteiger partial charge in [-0.1, -0.05) is 29.8 Å². The van der Waals surface area contributed by atoms with E-state index >= 15 is 0 Å². The Morgan fingerprint density at radius 3 is 2.59 bits per heavy atom. The number of carboxylic acids is 1. The van der Waals surface area contributed by atoms with Crippen LogP contribution in [0, 0.1) is 0 Å². The van der Waals surface area contributed by atoms with Gasteiger partial charge in [-0.2, -0.15) is 0 Å². The Morgan fingerprint density at radius 1 is 1.41 bits per heavy atom. The topological polar surface area (TPSA) is 57.6 Å². The van der Waals surface area contributed by atoms with Crippen LogP contribution >= 0.6 is 11.6 Å². The third kappa shape index (κ3) is 3.60. The quantitative estimate of drug-likeness (QED) is 0.817. The van der Waals surface area contributed by atoms with Crippen LogP contribution in [-0.4, -0.2) is 35.0 Å². The number of hydrogen-bond acceptors (Lipinski definition) is 2. The molecular formula is C12H12ClNO3. The molecule has 0 bridgehead atoms. The van der Waals surface area contributed by atoms with E-state index in [1.165, 1.54) is 6.08 Å². The van der Waals surface area contributed by atoms with Gasteiger partial charge in [0.2, 0.25) is 0 Å². The second-order valence-corrected chi connectivity index (χ2v) is 3.76. The summed E-state index contributed by atoms with van der Waals surface area (Å²) in [6.07, 6.45) is 1.47. The maximum Gasteiger partial charge on any atom is 0.323 e. The van der Waals surface area contributed by atoms with Crippen molar-refractivity contribution in [1.82, 2.24) is 4.90 Å². The Labute approximate surface area is 104 Å². The third-order valence-corrected chi connectivity index (χ3v) is 2.40. The molecule has 0 spiro atoms. The zero-order valence-electron chi connectivity index (χ0n) is 9.10. The molecule has 0 aliphatic carbocycles. The number of rotatable bonds is 5. The molecule has 1 amide bonds. The first kappa shape index (κ1) is 13.3.